The van der Waals surface area contributed by atoms with E-state index in [-0.39, 0.29) is 11.2 Å². The van der Waals surface area contributed by atoms with Gasteiger partial charge in [0, 0.05) is 51.5 Å². The molecule has 0 atom stereocenters. The normalized spacial score (nSPS) is 17.0. The summed E-state index contributed by atoms with van der Waals surface area (Å²) in [6.07, 6.45) is 7.06. The van der Waals surface area contributed by atoms with Crippen molar-refractivity contribution in [3.63, 3.8) is 0 Å². The fraction of sp³-hybridized carbons (Fsp3) is 0.533. The second-order valence-electron chi connectivity index (χ2n) is 5.13. The van der Waals surface area contributed by atoms with Crippen LogP contribution >= 0.6 is 0 Å². The van der Waals surface area contributed by atoms with Crippen molar-refractivity contribution >= 4 is 0 Å². The molecule has 1 saturated heterocycles. The number of hydrogen-bond donors (Lipinski definition) is 1. The van der Waals surface area contributed by atoms with Crippen LogP contribution in [0.3, 0.4) is 0 Å². The van der Waals surface area contributed by atoms with Crippen molar-refractivity contribution in [2.45, 2.75) is 13.5 Å². The molecular formula is C15H21N3O2. The number of rotatable bonds is 4. The SMILES string of the molecule is C#CCN1CCN(CCn2ccc(=O)c(O)c2C)CC1. The number of piperazine rings is 1. The van der Waals surface area contributed by atoms with Gasteiger partial charge in [-0.2, -0.15) is 0 Å². The first-order valence-corrected chi connectivity index (χ1v) is 6.89. The van der Waals surface area contributed by atoms with Crippen LogP contribution in [0, 0.1) is 19.3 Å². The van der Waals surface area contributed by atoms with E-state index >= 15 is 0 Å². The Hall–Kier alpha value is -1.77. The summed E-state index contributed by atoms with van der Waals surface area (Å²) in [5.41, 5.74) is 0.310. The van der Waals surface area contributed by atoms with Gasteiger partial charge in [-0.1, -0.05) is 5.92 Å². The molecule has 1 aromatic rings. The van der Waals surface area contributed by atoms with Gasteiger partial charge < -0.3 is 9.67 Å². The van der Waals surface area contributed by atoms with Crippen molar-refractivity contribution in [2.75, 3.05) is 39.3 Å². The Bertz CT molecular complexity index is 551. The van der Waals surface area contributed by atoms with Crippen LogP contribution in [-0.4, -0.2) is 58.7 Å². The van der Waals surface area contributed by atoms with Crippen LogP contribution in [-0.2, 0) is 6.54 Å². The van der Waals surface area contributed by atoms with E-state index in [2.05, 4.69) is 15.7 Å². The summed E-state index contributed by atoms with van der Waals surface area (Å²) in [6.45, 7) is 8.18. The molecule has 1 fully saturated rings. The molecule has 1 aliphatic heterocycles. The highest BCUT2D eigenvalue weighted by molar-refractivity contribution is 5.25. The third-order valence-corrected chi connectivity index (χ3v) is 3.85. The van der Waals surface area contributed by atoms with E-state index in [4.69, 9.17) is 6.42 Å². The fourth-order valence-electron chi connectivity index (χ4n) is 2.45. The Morgan fingerprint density at radius 1 is 1.25 bits per heavy atom. The number of aromatic nitrogens is 1. The van der Waals surface area contributed by atoms with Gasteiger partial charge in [0.2, 0.25) is 5.43 Å². The predicted molar refractivity (Wildman–Crippen MR) is 78.8 cm³/mol. The van der Waals surface area contributed by atoms with Gasteiger partial charge >= 0.3 is 0 Å². The van der Waals surface area contributed by atoms with Gasteiger partial charge in [0.25, 0.3) is 0 Å². The molecule has 1 N–H and O–H groups in total. The average molecular weight is 275 g/mol. The lowest BCUT2D eigenvalue weighted by molar-refractivity contribution is 0.140. The highest BCUT2D eigenvalue weighted by Gasteiger charge is 2.15. The minimum atomic E-state index is -0.318. The standard InChI is InChI=1S/C15H21N3O2/c1-3-5-16-7-9-17(10-8-16)11-12-18-6-4-14(19)15(20)13(18)2/h1,4,6,20H,5,7-12H2,2H3. The first kappa shape index (κ1) is 14.6. The van der Waals surface area contributed by atoms with Gasteiger partial charge in [-0.05, 0) is 6.92 Å². The lowest BCUT2D eigenvalue weighted by Crippen LogP contribution is -2.47. The molecule has 5 nitrogen and oxygen atoms in total. The van der Waals surface area contributed by atoms with Crippen LogP contribution in [0.5, 0.6) is 5.75 Å². The maximum atomic E-state index is 11.3. The van der Waals surface area contributed by atoms with Gasteiger partial charge in [-0.3, -0.25) is 14.6 Å². The van der Waals surface area contributed by atoms with E-state index in [1.165, 1.54) is 6.07 Å². The average Bonchev–Trinajstić information content (AvgIpc) is 2.46. The second kappa shape index (κ2) is 6.60. The number of terminal acetylenes is 1. The van der Waals surface area contributed by atoms with Crippen LogP contribution < -0.4 is 5.43 Å². The van der Waals surface area contributed by atoms with Crippen molar-refractivity contribution in [1.82, 2.24) is 14.4 Å². The van der Waals surface area contributed by atoms with E-state index < -0.39 is 0 Å². The molecule has 0 saturated carbocycles. The zero-order valence-electron chi connectivity index (χ0n) is 11.9. The predicted octanol–water partition coefficient (Wildman–Crippen LogP) is 0.113. The summed E-state index contributed by atoms with van der Waals surface area (Å²) in [5, 5.41) is 9.65. The molecule has 1 aliphatic rings. The van der Waals surface area contributed by atoms with Crippen LogP contribution in [0.2, 0.25) is 0 Å². The molecule has 1 aromatic heterocycles. The number of pyridine rings is 1. The summed E-state index contributed by atoms with van der Waals surface area (Å²) < 4.78 is 1.92. The van der Waals surface area contributed by atoms with Crippen LogP contribution in [0.1, 0.15) is 5.69 Å². The molecule has 5 heteroatoms. The zero-order valence-corrected chi connectivity index (χ0v) is 11.9. The quantitative estimate of drug-likeness (QED) is 0.793. The number of aromatic hydroxyl groups is 1. The molecule has 0 radical (unpaired) electrons. The van der Waals surface area contributed by atoms with Crippen molar-refractivity contribution in [2.24, 2.45) is 0 Å². The topological polar surface area (TPSA) is 48.7 Å². The summed E-state index contributed by atoms with van der Waals surface area (Å²) in [5.74, 6) is 2.53. The largest absolute Gasteiger partial charge is 0.503 e. The number of hydrogen-bond acceptors (Lipinski definition) is 4. The molecule has 2 rings (SSSR count). The third-order valence-electron chi connectivity index (χ3n) is 3.85. The molecule has 0 aromatic carbocycles. The first-order chi connectivity index (χ1) is 9.61. The second-order valence-corrected chi connectivity index (χ2v) is 5.13. The maximum absolute atomic E-state index is 11.3. The van der Waals surface area contributed by atoms with Crippen molar-refractivity contribution in [1.29, 1.82) is 0 Å². The summed E-state index contributed by atoms with van der Waals surface area (Å²) in [7, 11) is 0. The molecule has 20 heavy (non-hydrogen) atoms. The highest BCUT2D eigenvalue weighted by Crippen LogP contribution is 2.09. The van der Waals surface area contributed by atoms with E-state index in [9.17, 15) is 9.90 Å². The monoisotopic (exact) mass is 275 g/mol. The molecule has 108 valence electrons. The van der Waals surface area contributed by atoms with Gasteiger partial charge in [-0.25, -0.2) is 0 Å². The van der Waals surface area contributed by atoms with Crippen LogP contribution in [0.15, 0.2) is 17.1 Å². The summed E-state index contributed by atoms with van der Waals surface area (Å²) in [6, 6.07) is 1.41. The molecule has 0 spiro atoms. The van der Waals surface area contributed by atoms with Crippen molar-refractivity contribution in [3.8, 4) is 18.1 Å². The van der Waals surface area contributed by atoms with Crippen molar-refractivity contribution in [3.05, 3.63) is 28.2 Å². The van der Waals surface area contributed by atoms with Gasteiger partial charge in [-0.15, -0.1) is 6.42 Å². The van der Waals surface area contributed by atoms with Gasteiger partial charge in [0.05, 0.1) is 12.2 Å². The van der Waals surface area contributed by atoms with E-state index in [1.807, 2.05) is 4.57 Å². The van der Waals surface area contributed by atoms with Crippen molar-refractivity contribution < 1.29 is 5.11 Å². The van der Waals surface area contributed by atoms with Crippen LogP contribution in [0.25, 0.3) is 0 Å². The Morgan fingerprint density at radius 2 is 1.90 bits per heavy atom. The molecule has 0 amide bonds. The Balaban J connectivity index is 1.87. The Labute approximate surface area is 119 Å². The molecule has 0 aliphatic carbocycles. The van der Waals surface area contributed by atoms with Gasteiger partial charge in [0.15, 0.2) is 5.75 Å². The van der Waals surface area contributed by atoms with Crippen LogP contribution in [0.4, 0.5) is 0 Å². The minimum absolute atomic E-state index is 0.147. The smallest absolute Gasteiger partial charge is 0.223 e. The number of nitrogens with zero attached hydrogens (tertiary/aromatic N) is 3. The van der Waals surface area contributed by atoms with E-state index in [1.54, 1.807) is 13.1 Å². The first-order valence-electron chi connectivity index (χ1n) is 6.89. The molecule has 2 heterocycles. The molecule has 0 bridgehead atoms. The fourth-order valence-corrected chi connectivity index (χ4v) is 2.45. The van der Waals surface area contributed by atoms with E-state index in [0.29, 0.717) is 5.69 Å². The van der Waals surface area contributed by atoms with E-state index in [0.717, 1.165) is 45.8 Å². The Morgan fingerprint density at radius 3 is 2.55 bits per heavy atom. The maximum Gasteiger partial charge on any atom is 0.223 e. The lowest BCUT2D eigenvalue weighted by atomic mass is 10.3. The zero-order chi connectivity index (χ0) is 14.5. The third kappa shape index (κ3) is 3.41. The molecule has 0 unspecified atom stereocenters. The highest BCUT2D eigenvalue weighted by atomic mass is 16.3. The summed E-state index contributed by atoms with van der Waals surface area (Å²) in [4.78, 5) is 15.9. The minimum Gasteiger partial charge on any atom is -0.503 e. The lowest BCUT2D eigenvalue weighted by Gasteiger charge is -2.33. The van der Waals surface area contributed by atoms with Gasteiger partial charge in [0.1, 0.15) is 0 Å². The molecular weight excluding hydrogens is 254 g/mol. The summed E-state index contributed by atoms with van der Waals surface area (Å²) >= 11 is 0. The Kier molecular flexibility index (Phi) is 4.83.